The van der Waals surface area contributed by atoms with Gasteiger partial charge in [0.1, 0.15) is 17.1 Å². The van der Waals surface area contributed by atoms with E-state index in [1.807, 2.05) is 24.5 Å². The summed E-state index contributed by atoms with van der Waals surface area (Å²) in [5.41, 5.74) is 3.62. The van der Waals surface area contributed by atoms with Gasteiger partial charge in [-0.05, 0) is 80.2 Å². The summed E-state index contributed by atoms with van der Waals surface area (Å²) >= 11 is 5.26. The van der Waals surface area contributed by atoms with Gasteiger partial charge in [0.25, 0.3) is 11.8 Å². The lowest BCUT2D eigenvalue weighted by molar-refractivity contribution is -0.122. The predicted octanol–water partition coefficient (Wildman–Crippen LogP) is 4.07. The van der Waals surface area contributed by atoms with Crippen LogP contribution in [0.1, 0.15) is 17.0 Å². The lowest BCUT2D eigenvalue weighted by atomic mass is 10.1. The number of aryl methyl sites for hydroxylation is 1. The molecule has 162 valence electrons. The van der Waals surface area contributed by atoms with E-state index in [-0.39, 0.29) is 16.5 Å². The molecule has 0 unspecified atom stereocenters. The summed E-state index contributed by atoms with van der Waals surface area (Å²) in [4.78, 5) is 27.2. The minimum atomic E-state index is -0.564. The second-order valence-electron chi connectivity index (χ2n) is 7.30. The molecule has 0 spiro atoms. The molecule has 6 nitrogen and oxygen atoms in total. The average Bonchev–Trinajstić information content (AvgIpc) is 3.04. The fourth-order valence-corrected chi connectivity index (χ4v) is 4.00. The number of anilines is 1. The van der Waals surface area contributed by atoms with Gasteiger partial charge in [-0.15, -0.1) is 0 Å². The van der Waals surface area contributed by atoms with Gasteiger partial charge in [0, 0.05) is 23.1 Å². The Bertz CT molecular complexity index is 1280. The first-order valence-electron chi connectivity index (χ1n) is 9.80. The number of nitrogens with zero attached hydrogens (tertiary/aromatic N) is 2. The number of hydrogen-bond acceptors (Lipinski definition) is 4. The van der Waals surface area contributed by atoms with Crippen LogP contribution >= 0.6 is 12.2 Å². The van der Waals surface area contributed by atoms with Crippen molar-refractivity contribution < 1.29 is 18.7 Å². The largest absolute Gasteiger partial charge is 0.497 e. The van der Waals surface area contributed by atoms with Crippen LogP contribution in [-0.4, -0.2) is 28.6 Å². The average molecular weight is 450 g/mol. The van der Waals surface area contributed by atoms with Gasteiger partial charge in [-0.3, -0.25) is 19.8 Å². The molecule has 1 N–H and O–H groups in total. The standard InChI is InChI=1S/C24H20FN3O3S/c1-14-11-16(15(2)27(14)18-9-7-17(25)8-10-18)12-21-22(29)26-24(32)28(23(21)30)19-5-4-6-20(13-19)31-3/h4-13H,1-3H3,(H,26,29,32)/b21-12-. The van der Waals surface area contributed by atoms with Crippen molar-refractivity contribution in [3.63, 3.8) is 0 Å². The van der Waals surface area contributed by atoms with Gasteiger partial charge in [-0.1, -0.05) is 6.07 Å². The molecular weight excluding hydrogens is 429 g/mol. The second kappa shape index (κ2) is 8.39. The zero-order valence-electron chi connectivity index (χ0n) is 17.7. The maximum absolute atomic E-state index is 13.3. The van der Waals surface area contributed by atoms with Crippen LogP contribution in [0.3, 0.4) is 0 Å². The SMILES string of the molecule is COc1cccc(N2C(=O)/C(=C\c3cc(C)n(-c4ccc(F)cc4)c3C)C(=O)NC2=S)c1. The summed E-state index contributed by atoms with van der Waals surface area (Å²) in [6.07, 6.45) is 1.55. The number of thiocarbonyl (C=S) groups is 1. The van der Waals surface area contributed by atoms with Crippen molar-refractivity contribution in [2.45, 2.75) is 13.8 Å². The van der Waals surface area contributed by atoms with Crippen molar-refractivity contribution in [2.75, 3.05) is 12.0 Å². The Morgan fingerprint density at radius 1 is 1.03 bits per heavy atom. The number of carbonyl (C=O) groups is 2. The Labute approximate surface area is 189 Å². The lowest BCUT2D eigenvalue weighted by Gasteiger charge is -2.29. The van der Waals surface area contributed by atoms with E-state index < -0.39 is 11.8 Å². The number of benzene rings is 2. The molecule has 1 aliphatic rings. The van der Waals surface area contributed by atoms with E-state index in [0.29, 0.717) is 17.0 Å². The third kappa shape index (κ3) is 3.80. The minimum Gasteiger partial charge on any atom is -0.497 e. The van der Waals surface area contributed by atoms with Crippen molar-refractivity contribution >= 4 is 40.9 Å². The maximum atomic E-state index is 13.3. The molecule has 1 fully saturated rings. The Morgan fingerprint density at radius 2 is 1.75 bits per heavy atom. The third-order valence-corrected chi connectivity index (χ3v) is 5.55. The maximum Gasteiger partial charge on any atom is 0.270 e. The van der Waals surface area contributed by atoms with Gasteiger partial charge in [0.05, 0.1) is 12.8 Å². The molecule has 1 saturated heterocycles. The van der Waals surface area contributed by atoms with E-state index in [9.17, 15) is 14.0 Å². The van der Waals surface area contributed by atoms with Crippen molar-refractivity contribution in [2.24, 2.45) is 0 Å². The van der Waals surface area contributed by atoms with Crippen LogP contribution in [0.15, 0.2) is 60.2 Å². The molecule has 0 atom stereocenters. The van der Waals surface area contributed by atoms with Crippen molar-refractivity contribution in [1.29, 1.82) is 0 Å². The molecule has 32 heavy (non-hydrogen) atoms. The molecule has 2 heterocycles. The van der Waals surface area contributed by atoms with E-state index in [2.05, 4.69) is 5.32 Å². The normalized spacial score (nSPS) is 15.3. The number of carbonyl (C=O) groups excluding carboxylic acids is 2. The van der Waals surface area contributed by atoms with Gasteiger partial charge < -0.3 is 9.30 Å². The van der Waals surface area contributed by atoms with E-state index in [4.69, 9.17) is 17.0 Å². The van der Waals surface area contributed by atoms with Gasteiger partial charge in [-0.2, -0.15) is 0 Å². The van der Waals surface area contributed by atoms with Crippen molar-refractivity contribution in [3.05, 3.63) is 82.9 Å². The van der Waals surface area contributed by atoms with Crippen LogP contribution in [0.4, 0.5) is 10.1 Å². The summed E-state index contributed by atoms with van der Waals surface area (Å²) in [5, 5.41) is 2.59. The Hall–Kier alpha value is -3.78. The molecular formula is C24H20FN3O3S. The lowest BCUT2D eigenvalue weighted by Crippen LogP contribution is -2.54. The summed E-state index contributed by atoms with van der Waals surface area (Å²) in [6, 6.07) is 14.9. The van der Waals surface area contributed by atoms with Gasteiger partial charge in [0.2, 0.25) is 0 Å². The molecule has 1 aromatic heterocycles. The van der Waals surface area contributed by atoms with E-state index in [1.165, 1.54) is 24.1 Å². The van der Waals surface area contributed by atoms with Crippen LogP contribution in [-0.2, 0) is 9.59 Å². The molecule has 0 radical (unpaired) electrons. The number of amides is 2. The molecule has 0 saturated carbocycles. The minimum absolute atomic E-state index is 0.00203. The molecule has 8 heteroatoms. The highest BCUT2D eigenvalue weighted by atomic mass is 32.1. The highest BCUT2D eigenvalue weighted by Crippen LogP contribution is 2.27. The van der Waals surface area contributed by atoms with Crippen LogP contribution < -0.4 is 15.0 Å². The molecule has 0 bridgehead atoms. The number of rotatable bonds is 4. The van der Waals surface area contributed by atoms with Crippen LogP contribution in [0.25, 0.3) is 11.8 Å². The Balaban J connectivity index is 1.75. The summed E-state index contributed by atoms with van der Waals surface area (Å²) < 4.78 is 20.5. The van der Waals surface area contributed by atoms with Crippen LogP contribution in [0, 0.1) is 19.7 Å². The van der Waals surface area contributed by atoms with Crippen LogP contribution in [0.2, 0.25) is 0 Å². The van der Waals surface area contributed by atoms with Crippen molar-refractivity contribution in [3.8, 4) is 11.4 Å². The number of ether oxygens (including phenoxy) is 1. The molecule has 3 aromatic rings. The first-order valence-corrected chi connectivity index (χ1v) is 10.2. The van der Waals surface area contributed by atoms with Gasteiger partial charge in [-0.25, -0.2) is 4.39 Å². The topological polar surface area (TPSA) is 63.6 Å². The molecule has 2 amide bonds. The monoisotopic (exact) mass is 449 g/mol. The number of nitrogens with one attached hydrogen (secondary N) is 1. The van der Waals surface area contributed by atoms with Gasteiger partial charge in [0.15, 0.2) is 5.11 Å². The highest BCUT2D eigenvalue weighted by Gasteiger charge is 2.35. The van der Waals surface area contributed by atoms with Crippen molar-refractivity contribution in [1.82, 2.24) is 9.88 Å². The van der Waals surface area contributed by atoms with E-state index in [0.717, 1.165) is 17.1 Å². The van der Waals surface area contributed by atoms with Crippen LogP contribution in [0.5, 0.6) is 5.75 Å². The summed E-state index contributed by atoms with van der Waals surface area (Å²) in [7, 11) is 1.53. The number of halogens is 1. The third-order valence-electron chi connectivity index (χ3n) is 5.27. The Kier molecular flexibility index (Phi) is 5.63. The molecule has 1 aliphatic heterocycles. The second-order valence-corrected chi connectivity index (χ2v) is 7.68. The Morgan fingerprint density at radius 3 is 2.44 bits per heavy atom. The smallest absolute Gasteiger partial charge is 0.270 e. The first-order chi connectivity index (χ1) is 15.3. The quantitative estimate of drug-likeness (QED) is 0.371. The van der Waals surface area contributed by atoms with Gasteiger partial charge >= 0.3 is 0 Å². The number of hydrogen-bond donors (Lipinski definition) is 1. The molecule has 4 rings (SSSR count). The van der Waals surface area contributed by atoms with E-state index >= 15 is 0 Å². The molecule has 0 aliphatic carbocycles. The first kappa shape index (κ1) is 21.5. The van der Waals surface area contributed by atoms with E-state index in [1.54, 1.807) is 42.5 Å². The number of methoxy groups -OCH3 is 1. The zero-order chi connectivity index (χ0) is 23.0. The zero-order valence-corrected chi connectivity index (χ0v) is 18.5. The highest BCUT2D eigenvalue weighted by molar-refractivity contribution is 7.80. The fraction of sp³-hybridized carbons (Fsp3) is 0.125. The fourth-order valence-electron chi connectivity index (χ4n) is 3.72. The predicted molar refractivity (Wildman–Crippen MR) is 124 cm³/mol. The number of aromatic nitrogens is 1. The summed E-state index contributed by atoms with van der Waals surface area (Å²) in [5.74, 6) is -0.857. The summed E-state index contributed by atoms with van der Waals surface area (Å²) in [6.45, 7) is 3.78. The molecule has 2 aromatic carbocycles.